The number of hydrogen-bond donors (Lipinski definition) is 1. The van der Waals surface area contributed by atoms with Crippen LogP contribution in [0, 0.1) is 13.8 Å². The first-order chi connectivity index (χ1) is 13.0. The number of amides is 1. The number of benzene rings is 2. The van der Waals surface area contributed by atoms with Gasteiger partial charge < -0.3 is 9.47 Å². The minimum Gasteiger partial charge on any atom is -0.493 e. The minimum absolute atomic E-state index is 0.105. The van der Waals surface area contributed by atoms with Crippen LogP contribution in [-0.4, -0.2) is 24.6 Å². The number of nitrogens with one attached hydrogen (secondary N) is 1. The normalized spacial score (nSPS) is 10.5. The van der Waals surface area contributed by atoms with E-state index in [1.165, 1.54) is 22.5 Å². The molecule has 1 N–H and O–H groups in total. The molecule has 0 bridgehead atoms. The second kappa shape index (κ2) is 8.68. The summed E-state index contributed by atoms with van der Waals surface area (Å²) in [7, 11) is 1.58. The van der Waals surface area contributed by atoms with Crippen LogP contribution in [-0.2, 0) is 11.2 Å². The van der Waals surface area contributed by atoms with Crippen molar-refractivity contribution < 1.29 is 14.3 Å². The molecule has 140 valence electrons. The Morgan fingerprint density at radius 3 is 2.56 bits per heavy atom. The van der Waals surface area contributed by atoms with Crippen LogP contribution in [0.1, 0.15) is 21.6 Å². The summed E-state index contributed by atoms with van der Waals surface area (Å²) in [4.78, 5) is 17.5. The summed E-state index contributed by atoms with van der Waals surface area (Å²) >= 11 is 1.47. The van der Waals surface area contributed by atoms with E-state index in [1.807, 2.05) is 19.1 Å². The van der Waals surface area contributed by atoms with Crippen LogP contribution in [0.4, 0.5) is 5.13 Å². The molecule has 0 atom stereocenters. The van der Waals surface area contributed by atoms with Gasteiger partial charge in [-0.25, -0.2) is 4.98 Å². The molecule has 0 aliphatic carbocycles. The van der Waals surface area contributed by atoms with Gasteiger partial charge >= 0.3 is 0 Å². The van der Waals surface area contributed by atoms with Crippen LogP contribution in [0.25, 0.3) is 0 Å². The van der Waals surface area contributed by atoms with Gasteiger partial charge in [-0.2, -0.15) is 0 Å². The van der Waals surface area contributed by atoms with Gasteiger partial charge in [0.2, 0.25) is 0 Å². The molecule has 1 amide bonds. The molecule has 1 heterocycles. The molecule has 1 aromatic heterocycles. The van der Waals surface area contributed by atoms with Crippen molar-refractivity contribution >= 4 is 22.4 Å². The zero-order valence-electron chi connectivity index (χ0n) is 15.6. The fourth-order valence-corrected chi connectivity index (χ4v) is 3.41. The molecule has 0 aliphatic rings. The van der Waals surface area contributed by atoms with E-state index in [0.29, 0.717) is 16.6 Å². The average molecular weight is 382 g/mol. The summed E-state index contributed by atoms with van der Waals surface area (Å²) in [5, 5.41) is 3.35. The third-order valence-electron chi connectivity index (χ3n) is 3.98. The Bertz CT molecular complexity index is 919. The zero-order chi connectivity index (χ0) is 19.2. The molecule has 6 heteroatoms. The lowest BCUT2D eigenvalue weighted by Crippen LogP contribution is -2.20. The Labute approximate surface area is 163 Å². The molecule has 0 unspecified atom stereocenters. The first-order valence-electron chi connectivity index (χ1n) is 8.61. The summed E-state index contributed by atoms with van der Waals surface area (Å²) < 4.78 is 10.8. The molecule has 2 aromatic carbocycles. The number of aryl methyl sites for hydroxylation is 2. The van der Waals surface area contributed by atoms with E-state index in [9.17, 15) is 4.79 Å². The Morgan fingerprint density at radius 1 is 1.07 bits per heavy atom. The van der Waals surface area contributed by atoms with Gasteiger partial charge in [-0.15, -0.1) is 11.3 Å². The molecule has 27 heavy (non-hydrogen) atoms. The fraction of sp³-hybridized carbons (Fsp3) is 0.238. The Hall–Kier alpha value is -2.86. The number of nitrogens with zero attached hydrogens (tertiary/aromatic N) is 1. The summed E-state index contributed by atoms with van der Waals surface area (Å²) in [6, 6.07) is 14.0. The highest BCUT2D eigenvalue weighted by Gasteiger charge is 2.10. The molecule has 0 fully saturated rings. The van der Waals surface area contributed by atoms with Crippen molar-refractivity contribution in [3.05, 3.63) is 70.2 Å². The lowest BCUT2D eigenvalue weighted by molar-refractivity contribution is -0.118. The average Bonchev–Trinajstić information content (AvgIpc) is 3.09. The maximum Gasteiger partial charge on any atom is 0.264 e. The van der Waals surface area contributed by atoms with Gasteiger partial charge in [0.05, 0.1) is 7.11 Å². The SMILES string of the molecule is COc1cc(C)ccc1OCC(=O)Nc1ncc(Cc2ccc(C)cc2)s1. The molecule has 0 radical (unpaired) electrons. The van der Waals surface area contributed by atoms with Crippen LogP contribution < -0.4 is 14.8 Å². The number of hydrogen-bond acceptors (Lipinski definition) is 5. The largest absolute Gasteiger partial charge is 0.493 e. The molecule has 0 saturated carbocycles. The highest BCUT2D eigenvalue weighted by Crippen LogP contribution is 2.28. The molecule has 5 nitrogen and oxygen atoms in total. The van der Waals surface area contributed by atoms with E-state index < -0.39 is 0 Å². The van der Waals surface area contributed by atoms with Gasteiger partial charge in [0, 0.05) is 17.5 Å². The van der Waals surface area contributed by atoms with Gasteiger partial charge in [0.15, 0.2) is 23.2 Å². The number of carbonyl (C=O) groups excluding carboxylic acids is 1. The van der Waals surface area contributed by atoms with Crippen LogP contribution in [0.15, 0.2) is 48.7 Å². The quantitative estimate of drug-likeness (QED) is 0.659. The number of ether oxygens (including phenoxy) is 2. The van der Waals surface area contributed by atoms with Crippen molar-refractivity contribution in [1.29, 1.82) is 0 Å². The monoisotopic (exact) mass is 382 g/mol. The molecule has 0 spiro atoms. The van der Waals surface area contributed by atoms with Gasteiger partial charge in [-0.05, 0) is 37.1 Å². The summed E-state index contributed by atoms with van der Waals surface area (Å²) in [5.74, 6) is 0.892. The van der Waals surface area contributed by atoms with Crippen molar-refractivity contribution in [3.63, 3.8) is 0 Å². The third kappa shape index (κ3) is 5.31. The number of rotatable bonds is 7. The predicted molar refractivity (Wildman–Crippen MR) is 108 cm³/mol. The Kier molecular flexibility index (Phi) is 6.08. The lowest BCUT2D eigenvalue weighted by atomic mass is 10.1. The minimum atomic E-state index is -0.256. The number of anilines is 1. The first kappa shape index (κ1) is 18.9. The van der Waals surface area contributed by atoms with Crippen molar-refractivity contribution in [2.24, 2.45) is 0 Å². The van der Waals surface area contributed by atoms with Gasteiger partial charge in [-0.1, -0.05) is 35.9 Å². The summed E-state index contributed by atoms with van der Waals surface area (Å²) in [6.07, 6.45) is 2.59. The molecule has 0 aliphatic heterocycles. The predicted octanol–water partition coefficient (Wildman–Crippen LogP) is 4.38. The second-order valence-electron chi connectivity index (χ2n) is 6.29. The fourth-order valence-electron chi connectivity index (χ4n) is 2.55. The van der Waals surface area contributed by atoms with Crippen LogP contribution >= 0.6 is 11.3 Å². The topological polar surface area (TPSA) is 60.5 Å². The molecule has 3 aromatic rings. The van der Waals surface area contributed by atoms with E-state index in [4.69, 9.17) is 9.47 Å². The third-order valence-corrected chi connectivity index (χ3v) is 4.89. The smallest absolute Gasteiger partial charge is 0.264 e. The van der Waals surface area contributed by atoms with Crippen molar-refractivity contribution in [3.8, 4) is 11.5 Å². The number of methoxy groups -OCH3 is 1. The molecular weight excluding hydrogens is 360 g/mol. The van der Waals surface area contributed by atoms with Gasteiger partial charge in [0.25, 0.3) is 5.91 Å². The number of aromatic nitrogens is 1. The maximum atomic E-state index is 12.1. The van der Waals surface area contributed by atoms with Crippen molar-refractivity contribution in [1.82, 2.24) is 4.98 Å². The number of carbonyl (C=O) groups is 1. The Morgan fingerprint density at radius 2 is 1.81 bits per heavy atom. The van der Waals surface area contributed by atoms with Crippen molar-refractivity contribution in [2.45, 2.75) is 20.3 Å². The van der Waals surface area contributed by atoms with Crippen molar-refractivity contribution in [2.75, 3.05) is 19.0 Å². The van der Waals surface area contributed by atoms with Crippen LogP contribution in [0.3, 0.4) is 0 Å². The maximum absolute atomic E-state index is 12.1. The van der Waals surface area contributed by atoms with E-state index in [-0.39, 0.29) is 12.5 Å². The highest BCUT2D eigenvalue weighted by atomic mass is 32.1. The molecule has 0 saturated heterocycles. The molecular formula is C21H22N2O3S. The van der Waals surface area contributed by atoms with E-state index in [2.05, 4.69) is 41.5 Å². The van der Waals surface area contributed by atoms with Crippen LogP contribution in [0.5, 0.6) is 11.5 Å². The summed E-state index contributed by atoms with van der Waals surface area (Å²) in [5.41, 5.74) is 3.52. The first-order valence-corrected chi connectivity index (χ1v) is 9.42. The van der Waals surface area contributed by atoms with E-state index in [1.54, 1.807) is 19.4 Å². The van der Waals surface area contributed by atoms with E-state index >= 15 is 0 Å². The van der Waals surface area contributed by atoms with E-state index in [0.717, 1.165) is 16.9 Å². The second-order valence-corrected chi connectivity index (χ2v) is 7.40. The molecule has 3 rings (SSSR count). The number of thiazole rings is 1. The van der Waals surface area contributed by atoms with Crippen LogP contribution in [0.2, 0.25) is 0 Å². The lowest BCUT2D eigenvalue weighted by Gasteiger charge is -2.10. The highest BCUT2D eigenvalue weighted by molar-refractivity contribution is 7.15. The standard InChI is InChI=1S/C21H22N2O3S/c1-14-4-7-16(8-5-14)11-17-12-22-21(27-17)23-20(24)13-26-18-9-6-15(2)10-19(18)25-3/h4-10,12H,11,13H2,1-3H3,(H,22,23,24). The summed E-state index contributed by atoms with van der Waals surface area (Å²) in [6.45, 7) is 3.93. The Balaban J connectivity index is 1.54. The zero-order valence-corrected chi connectivity index (χ0v) is 16.4. The van der Waals surface area contributed by atoms with Gasteiger partial charge in [-0.3, -0.25) is 10.1 Å². The van der Waals surface area contributed by atoms with Gasteiger partial charge in [0.1, 0.15) is 0 Å².